The van der Waals surface area contributed by atoms with Crippen LogP contribution in [-0.4, -0.2) is 23.8 Å². The molecule has 3 nitrogen and oxygen atoms in total. The molecule has 1 aromatic heterocycles. The Labute approximate surface area is 169 Å². The number of rotatable bonds is 11. The zero-order chi connectivity index (χ0) is 20.5. The molecule has 0 spiro atoms. The summed E-state index contributed by atoms with van der Waals surface area (Å²) in [5.74, 6) is -0.0486. The van der Waals surface area contributed by atoms with E-state index >= 15 is 0 Å². The van der Waals surface area contributed by atoms with E-state index in [0.29, 0.717) is 6.61 Å². The third kappa shape index (κ3) is 5.62. The summed E-state index contributed by atoms with van der Waals surface area (Å²) in [6, 6.07) is 6.62. The van der Waals surface area contributed by atoms with Gasteiger partial charge in [0.25, 0.3) is 0 Å². The van der Waals surface area contributed by atoms with Crippen LogP contribution in [-0.2, 0) is 24.2 Å². The van der Waals surface area contributed by atoms with Crippen molar-refractivity contribution in [1.29, 1.82) is 0 Å². The van der Waals surface area contributed by atoms with Gasteiger partial charge in [0.15, 0.2) is 0 Å². The highest BCUT2D eigenvalue weighted by molar-refractivity contribution is 5.73. The average molecular weight is 388 g/mol. The molecular formula is C24H34FNO2. The summed E-state index contributed by atoms with van der Waals surface area (Å²) in [4.78, 5) is 5.01. The van der Waals surface area contributed by atoms with Crippen LogP contribution in [0.1, 0.15) is 74.9 Å². The third-order valence-electron chi connectivity index (χ3n) is 5.15. The normalized spacial score (nSPS) is 11.4. The van der Waals surface area contributed by atoms with Gasteiger partial charge in [-0.25, -0.2) is 4.39 Å². The highest BCUT2D eigenvalue weighted by Gasteiger charge is 2.21. The number of unbranched alkanes of at least 4 members (excludes halogenated alkanes) is 2. The number of aryl methyl sites for hydroxylation is 1. The summed E-state index contributed by atoms with van der Waals surface area (Å²) in [5.41, 5.74) is 6.11. The number of aliphatic hydroxyl groups excluding tert-OH is 1. The standard InChI is InChI=1S/C24H34FNO2/c1-5-6-7-9-20-22(10-8-15-28-4)26-24(17(2)3)21(16-27)23(20)18-11-13-19(25)14-12-18/h11-14,17,27H,5-10,15-16H2,1-4H3. The van der Waals surface area contributed by atoms with Gasteiger partial charge >= 0.3 is 0 Å². The molecule has 0 aliphatic heterocycles. The lowest BCUT2D eigenvalue weighted by Gasteiger charge is -2.23. The summed E-state index contributed by atoms with van der Waals surface area (Å²) in [7, 11) is 1.72. The van der Waals surface area contributed by atoms with E-state index in [4.69, 9.17) is 9.72 Å². The van der Waals surface area contributed by atoms with Crippen LogP contribution in [0.15, 0.2) is 24.3 Å². The molecule has 0 atom stereocenters. The first-order chi connectivity index (χ1) is 13.5. The Kier molecular flexibility index (Phi) is 9.07. The van der Waals surface area contributed by atoms with Crippen LogP contribution >= 0.6 is 0 Å². The second-order valence-electron chi connectivity index (χ2n) is 7.65. The lowest BCUT2D eigenvalue weighted by molar-refractivity contribution is 0.195. The second kappa shape index (κ2) is 11.3. The predicted octanol–water partition coefficient (Wildman–Crippen LogP) is 5.82. The Morgan fingerprint density at radius 1 is 1.04 bits per heavy atom. The zero-order valence-electron chi connectivity index (χ0n) is 17.7. The van der Waals surface area contributed by atoms with Crippen molar-refractivity contribution in [1.82, 2.24) is 4.98 Å². The molecule has 2 rings (SSSR count). The number of pyridine rings is 1. The summed E-state index contributed by atoms with van der Waals surface area (Å²) >= 11 is 0. The monoisotopic (exact) mass is 387 g/mol. The number of hydrogen-bond donors (Lipinski definition) is 1. The smallest absolute Gasteiger partial charge is 0.123 e. The molecule has 0 radical (unpaired) electrons. The molecule has 1 heterocycles. The van der Waals surface area contributed by atoms with E-state index in [1.54, 1.807) is 7.11 Å². The van der Waals surface area contributed by atoms with Crippen molar-refractivity contribution in [2.75, 3.05) is 13.7 Å². The van der Waals surface area contributed by atoms with E-state index in [9.17, 15) is 9.50 Å². The van der Waals surface area contributed by atoms with Crippen LogP contribution in [0.25, 0.3) is 11.1 Å². The van der Waals surface area contributed by atoms with Crippen molar-refractivity contribution in [2.24, 2.45) is 0 Å². The molecule has 0 saturated carbocycles. The highest BCUT2D eigenvalue weighted by atomic mass is 19.1. The van der Waals surface area contributed by atoms with Gasteiger partial charge in [-0.3, -0.25) is 4.98 Å². The van der Waals surface area contributed by atoms with Crippen LogP contribution in [0, 0.1) is 5.82 Å². The first-order valence-electron chi connectivity index (χ1n) is 10.4. The molecule has 2 aromatic rings. The van der Waals surface area contributed by atoms with Crippen molar-refractivity contribution in [3.05, 3.63) is 52.6 Å². The van der Waals surface area contributed by atoms with Crippen LogP contribution < -0.4 is 0 Å². The van der Waals surface area contributed by atoms with Crippen molar-refractivity contribution in [3.8, 4) is 11.1 Å². The number of aromatic nitrogens is 1. The molecule has 28 heavy (non-hydrogen) atoms. The van der Waals surface area contributed by atoms with Crippen molar-refractivity contribution < 1.29 is 14.2 Å². The summed E-state index contributed by atoms with van der Waals surface area (Å²) in [6.07, 6.45) is 6.05. The fourth-order valence-electron chi connectivity index (χ4n) is 3.75. The maximum absolute atomic E-state index is 13.6. The van der Waals surface area contributed by atoms with Crippen molar-refractivity contribution in [2.45, 2.75) is 71.8 Å². The SMILES string of the molecule is CCCCCc1c(CCCOC)nc(C(C)C)c(CO)c1-c1ccc(F)cc1. The van der Waals surface area contributed by atoms with Gasteiger partial charge in [-0.2, -0.15) is 0 Å². The van der Waals surface area contributed by atoms with Crippen LogP contribution in [0.5, 0.6) is 0 Å². The first-order valence-corrected chi connectivity index (χ1v) is 10.4. The van der Waals surface area contributed by atoms with Gasteiger partial charge in [-0.15, -0.1) is 0 Å². The fraction of sp³-hybridized carbons (Fsp3) is 0.542. The minimum Gasteiger partial charge on any atom is -0.392 e. The van der Waals surface area contributed by atoms with Crippen LogP contribution in [0.4, 0.5) is 4.39 Å². The molecule has 0 aliphatic carbocycles. The van der Waals surface area contributed by atoms with Gasteiger partial charge in [0.05, 0.1) is 6.61 Å². The number of benzene rings is 1. The Morgan fingerprint density at radius 3 is 2.32 bits per heavy atom. The van der Waals surface area contributed by atoms with E-state index in [2.05, 4.69) is 20.8 Å². The van der Waals surface area contributed by atoms with Crippen LogP contribution in [0.3, 0.4) is 0 Å². The molecule has 0 bridgehead atoms. The van der Waals surface area contributed by atoms with Crippen molar-refractivity contribution >= 4 is 0 Å². The Bertz CT molecular complexity index is 741. The quantitative estimate of drug-likeness (QED) is 0.494. The minimum absolute atomic E-state index is 0.0631. The maximum atomic E-state index is 13.6. The number of halogens is 1. The minimum atomic E-state index is -0.250. The number of nitrogens with zero attached hydrogens (tertiary/aromatic N) is 1. The van der Waals surface area contributed by atoms with E-state index < -0.39 is 0 Å². The summed E-state index contributed by atoms with van der Waals surface area (Å²) in [5, 5.41) is 10.2. The molecule has 0 fully saturated rings. The number of aliphatic hydroxyl groups is 1. The zero-order valence-corrected chi connectivity index (χ0v) is 17.7. The number of hydrogen-bond acceptors (Lipinski definition) is 3. The van der Waals surface area contributed by atoms with E-state index in [-0.39, 0.29) is 18.3 Å². The summed E-state index contributed by atoms with van der Waals surface area (Å²) < 4.78 is 18.8. The molecule has 0 saturated heterocycles. The number of ether oxygens (including phenoxy) is 1. The average Bonchev–Trinajstić information content (AvgIpc) is 2.69. The Hall–Kier alpha value is -1.78. The van der Waals surface area contributed by atoms with Crippen LogP contribution in [0.2, 0.25) is 0 Å². The lowest BCUT2D eigenvalue weighted by atomic mass is 9.86. The maximum Gasteiger partial charge on any atom is 0.123 e. The molecule has 1 aromatic carbocycles. The third-order valence-corrected chi connectivity index (χ3v) is 5.15. The molecule has 154 valence electrons. The molecular weight excluding hydrogens is 353 g/mol. The van der Waals surface area contributed by atoms with Gasteiger partial charge in [-0.1, -0.05) is 45.7 Å². The highest BCUT2D eigenvalue weighted by Crippen LogP contribution is 2.35. The lowest BCUT2D eigenvalue weighted by Crippen LogP contribution is -2.12. The fourth-order valence-corrected chi connectivity index (χ4v) is 3.75. The molecule has 0 unspecified atom stereocenters. The number of methoxy groups -OCH3 is 1. The molecule has 1 N–H and O–H groups in total. The summed E-state index contributed by atoms with van der Waals surface area (Å²) in [6.45, 7) is 7.03. The van der Waals surface area contributed by atoms with Gasteiger partial charge < -0.3 is 9.84 Å². The van der Waals surface area contributed by atoms with Gasteiger partial charge in [0.2, 0.25) is 0 Å². The Balaban J connectivity index is 2.67. The molecule has 4 heteroatoms. The largest absolute Gasteiger partial charge is 0.392 e. The van der Waals surface area contributed by atoms with Crippen molar-refractivity contribution in [3.63, 3.8) is 0 Å². The predicted molar refractivity (Wildman–Crippen MR) is 113 cm³/mol. The van der Waals surface area contributed by atoms with E-state index in [0.717, 1.165) is 66.6 Å². The Morgan fingerprint density at radius 2 is 1.75 bits per heavy atom. The second-order valence-corrected chi connectivity index (χ2v) is 7.65. The van der Waals surface area contributed by atoms with E-state index in [1.807, 2.05) is 12.1 Å². The molecule has 0 amide bonds. The topological polar surface area (TPSA) is 42.4 Å². The first kappa shape index (κ1) is 22.5. The van der Waals surface area contributed by atoms with Gasteiger partial charge in [-0.05, 0) is 60.4 Å². The van der Waals surface area contributed by atoms with Gasteiger partial charge in [0, 0.05) is 30.7 Å². The van der Waals surface area contributed by atoms with Gasteiger partial charge in [0.1, 0.15) is 5.82 Å². The molecule has 0 aliphatic rings. The van der Waals surface area contributed by atoms with E-state index in [1.165, 1.54) is 17.7 Å².